The molecular weight excluding hydrogens is 463 g/mol. The highest BCUT2D eigenvalue weighted by molar-refractivity contribution is 14.0. The molecule has 0 saturated carbocycles. The van der Waals surface area contributed by atoms with Crippen LogP contribution in [0.15, 0.2) is 40.9 Å². The Balaban J connectivity index is 0.00000280. The molecule has 2 fully saturated rings. The van der Waals surface area contributed by atoms with E-state index in [1.807, 2.05) is 4.90 Å². The first-order valence-electron chi connectivity index (χ1n) is 10.3. The molecule has 154 valence electrons. The smallest absolute Gasteiger partial charge is 0.222 e. The van der Waals surface area contributed by atoms with Crippen molar-refractivity contribution in [3.05, 3.63) is 41.5 Å². The number of carbonyl (C=O) groups is 1. The van der Waals surface area contributed by atoms with Crippen LogP contribution in [-0.4, -0.2) is 60.9 Å². The summed E-state index contributed by atoms with van der Waals surface area (Å²) in [7, 11) is 0. The Labute approximate surface area is 186 Å². The van der Waals surface area contributed by atoms with E-state index in [1.54, 1.807) is 0 Å². The lowest BCUT2D eigenvalue weighted by atomic mass is 10.0. The van der Waals surface area contributed by atoms with Gasteiger partial charge in [0.05, 0.1) is 0 Å². The van der Waals surface area contributed by atoms with Gasteiger partial charge in [-0.1, -0.05) is 42.0 Å². The molecule has 0 unspecified atom stereocenters. The van der Waals surface area contributed by atoms with Crippen molar-refractivity contribution in [2.75, 3.05) is 39.3 Å². The summed E-state index contributed by atoms with van der Waals surface area (Å²) < 4.78 is 0. The molecule has 0 radical (unpaired) electrons. The SMILES string of the molecule is CCNC(=NCCCN1CCCC1=O)N1CCC(=Cc2ccccc2)CC1.I. The van der Waals surface area contributed by atoms with Gasteiger partial charge in [0.25, 0.3) is 0 Å². The van der Waals surface area contributed by atoms with Crippen LogP contribution in [0.5, 0.6) is 0 Å². The Kier molecular flexibility index (Phi) is 9.81. The van der Waals surface area contributed by atoms with Crippen LogP contribution in [0.3, 0.4) is 0 Å². The van der Waals surface area contributed by atoms with Gasteiger partial charge in [0.2, 0.25) is 5.91 Å². The molecule has 2 saturated heterocycles. The summed E-state index contributed by atoms with van der Waals surface area (Å²) in [6.07, 6.45) is 7.17. The molecule has 0 aromatic heterocycles. The Bertz CT molecular complexity index is 664. The molecule has 0 aliphatic carbocycles. The Morgan fingerprint density at radius 1 is 1.14 bits per heavy atom. The van der Waals surface area contributed by atoms with Gasteiger partial charge < -0.3 is 15.1 Å². The minimum atomic E-state index is 0. The number of guanidine groups is 1. The van der Waals surface area contributed by atoms with Gasteiger partial charge in [0.15, 0.2) is 5.96 Å². The van der Waals surface area contributed by atoms with Crippen molar-refractivity contribution in [3.63, 3.8) is 0 Å². The average molecular weight is 496 g/mol. The molecule has 1 aromatic rings. The predicted octanol–water partition coefficient (Wildman–Crippen LogP) is 3.76. The number of nitrogens with zero attached hydrogens (tertiary/aromatic N) is 3. The number of halogens is 1. The van der Waals surface area contributed by atoms with E-state index in [1.165, 1.54) is 11.1 Å². The van der Waals surface area contributed by atoms with Crippen LogP contribution >= 0.6 is 24.0 Å². The van der Waals surface area contributed by atoms with Crippen molar-refractivity contribution in [1.82, 2.24) is 15.1 Å². The highest BCUT2D eigenvalue weighted by Gasteiger charge is 2.19. The van der Waals surface area contributed by atoms with E-state index in [4.69, 9.17) is 4.99 Å². The molecule has 2 heterocycles. The Hall–Kier alpha value is -1.57. The molecular formula is C22H33IN4O. The van der Waals surface area contributed by atoms with E-state index in [9.17, 15) is 4.79 Å². The lowest BCUT2D eigenvalue weighted by molar-refractivity contribution is -0.127. The quantitative estimate of drug-likeness (QED) is 0.283. The van der Waals surface area contributed by atoms with Gasteiger partial charge in [-0.2, -0.15) is 0 Å². The first kappa shape index (κ1) is 22.7. The van der Waals surface area contributed by atoms with E-state index in [2.05, 4.69) is 53.5 Å². The molecule has 5 nitrogen and oxygen atoms in total. The van der Waals surface area contributed by atoms with Crippen LogP contribution in [0.4, 0.5) is 0 Å². The molecule has 2 aliphatic heterocycles. The highest BCUT2D eigenvalue weighted by Crippen LogP contribution is 2.19. The van der Waals surface area contributed by atoms with Gasteiger partial charge in [0, 0.05) is 45.7 Å². The van der Waals surface area contributed by atoms with Crippen molar-refractivity contribution in [2.45, 2.75) is 39.0 Å². The largest absolute Gasteiger partial charge is 0.357 e. The highest BCUT2D eigenvalue weighted by atomic mass is 127. The zero-order valence-electron chi connectivity index (χ0n) is 16.9. The third-order valence-electron chi connectivity index (χ3n) is 5.23. The Morgan fingerprint density at radius 2 is 1.89 bits per heavy atom. The molecule has 0 bridgehead atoms. The summed E-state index contributed by atoms with van der Waals surface area (Å²) in [6, 6.07) is 10.6. The zero-order valence-corrected chi connectivity index (χ0v) is 19.2. The summed E-state index contributed by atoms with van der Waals surface area (Å²) in [6.45, 7) is 7.55. The number of likely N-dealkylation sites (tertiary alicyclic amines) is 2. The van der Waals surface area contributed by atoms with Gasteiger partial charge in [-0.25, -0.2) is 0 Å². The van der Waals surface area contributed by atoms with Crippen molar-refractivity contribution >= 4 is 41.9 Å². The lowest BCUT2D eigenvalue weighted by Crippen LogP contribution is -2.44. The number of amides is 1. The normalized spacial score (nSPS) is 17.5. The van der Waals surface area contributed by atoms with Crippen LogP contribution in [-0.2, 0) is 4.79 Å². The second kappa shape index (κ2) is 12.1. The standard InChI is InChI=1S/C22H32N4O.HI/c1-2-23-22(24-13-7-15-25-14-6-10-21(25)27)26-16-11-20(12-17-26)18-19-8-4-3-5-9-19;/h3-5,8-9,18H,2,6-7,10-17H2,1H3,(H,23,24);1H. The summed E-state index contributed by atoms with van der Waals surface area (Å²) in [5.74, 6) is 1.32. The van der Waals surface area contributed by atoms with Gasteiger partial charge in [0.1, 0.15) is 0 Å². The van der Waals surface area contributed by atoms with Crippen molar-refractivity contribution in [2.24, 2.45) is 4.99 Å². The number of carbonyl (C=O) groups excluding carboxylic acids is 1. The molecule has 1 N–H and O–H groups in total. The van der Waals surface area contributed by atoms with Crippen molar-refractivity contribution in [1.29, 1.82) is 0 Å². The minimum Gasteiger partial charge on any atom is -0.357 e. The zero-order chi connectivity index (χ0) is 18.9. The fourth-order valence-electron chi connectivity index (χ4n) is 3.75. The average Bonchev–Trinajstić information content (AvgIpc) is 3.11. The maximum Gasteiger partial charge on any atom is 0.222 e. The fourth-order valence-corrected chi connectivity index (χ4v) is 3.75. The molecule has 28 heavy (non-hydrogen) atoms. The van der Waals surface area contributed by atoms with E-state index in [-0.39, 0.29) is 24.0 Å². The summed E-state index contributed by atoms with van der Waals surface area (Å²) >= 11 is 0. The molecule has 3 rings (SSSR count). The summed E-state index contributed by atoms with van der Waals surface area (Å²) in [5.41, 5.74) is 2.80. The number of nitrogens with one attached hydrogen (secondary N) is 1. The molecule has 1 amide bonds. The first-order chi connectivity index (χ1) is 13.3. The third-order valence-corrected chi connectivity index (χ3v) is 5.23. The fraction of sp³-hybridized carbons (Fsp3) is 0.545. The van der Waals surface area contributed by atoms with Gasteiger partial charge in [-0.3, -0.25) is 9.79 Å². The summed E-state index contributed by atoms with van der Waals surface area (Å²) in [5, 5.41) is 3.43. The first-order valence-corrected chi connectivity index (χ1v) is 10.3. The minimum absolute atomic E-state index is 0. The number of hydrogen-bond donors (Lipinski definition) is 1. The summed E-state index contributed by atoms with van der Waals surface area (Å²) in [4.78, 5) is 20.8. The monoisotopic (exact) mass is 496 g/mol. The number of benzene rings is 1. The number of piperidine rings is 1. The number of hydrogen-bond acceptors (Lipinski definition) is 2. The van der Waals surface area contributed by atoms with E-state index in [0.717, 1.165) is 77.3 Å². The third kappa shape index (κ3) is 6.79. The predicted molar refractivity (Wildman–Crippen MR) is 127 cm³/mol. The van der Waals surface area contributed by atoms with E-state index >= 15 is 0 Å². The van der Waals surface area contributed by atoms with E-state index < -0.39 is 0 Å². The van der Waals surface area contributed by atoms with Crippen LogP contribution in [0.2, 0.25) is 0 Å². The van der Waals surface area contributed by atoms with Crippen LogP contribution in [0.1, 0.15) is 44.6 Å². The molecule has 0 spiro atoms. The maximum atomic E-state index is 11.7. The second-order valence-electron chi connectivity index (χ2n) is 7.27. The Morgan fingerprint density at radius 3 is 2.54 bits per heavy atom. The van der Waals surface area contributed by atoms with Crippen LogP contribution in [0.25, 0.3) is 6.08 Å². The molecule has 2 aliphatic rings. The van der Waals surface area contributed by atoms with Crippen LogP contribution < -0.4 is 5.32 Å². The number of rotatable bonds is 6. The maximum absolute atomic E-state index is 11.7. The molecule has 0 atom stereocenters. The van der Waals surface area contributed by atoms with Gasteiger partial charge in [-0.05, 0) is 38.2 Å². The van der Waals surface area contributed by atoms with Crippen LogP contribution in [0, 0.1) is 0 Å². The lowest BCUT2D eigenvalue weighted by Gasteiger charge is -2.31. The van der Waals surface area contributed by atoms with Crippen molar-refractivity contribution < 1.29 is 4.79 Å². The van der Waals surface area contributed by atoms with E-state index in [0.29, 0.717) is 5.91 Å². The topological polar surface area (TPSA) is 47.9 Å². The van der Waals surface area contributed by atoms with Gasteiger partial charge >= 0.3 is 0 Å². The van der Waals surface area contributed by atoms with Crippen molar-refractivity contribution in [3.8, 4) is 0 Å². The van der Waals surface area contributed by atoms with Gasteiger partial charge in [-0.15, -0.1) is 24.0 Å². The molecule has 6 heteroatoms. The number of aliphatic imine (C=N–C) groups is 1. The second-order valence-corrected chi connectivity index (χ2v) is 7.27. The molecule has 1 aromatic carbocycles.